The summed E-state index contributed by atoms with van der Waals surface area (Å²) in [4.78, 5) is 24.9. The zero-order valence-corrected chi connectivity index (χ0v) is 15.3. The topological polar surface area (TPSA) is 79.8 Å². The number of pyridine rings is 1. The molecular weight excluding hydrogens is 373 g/mol. The average Bonchev–Trinajstić information content (AvgIpc) is 2.63. The average molecular weight is 388 g/mol. The van der Waals surface area contributed by atoms with E-state index >= 15 is 0 Å². The lowest BCUT2D eigenvalue weighted by Gasteiger charge is -2.10. The highest BCUT2D eigenvalue weighted by atomic mass is 35.5. The second-order valence-electron chi connectivity index (χ2n) is 5.48. The van der Waals surface area contributed by atoms with E-state index in [1.54, 1.807) is 43.6 Å². The first-order chi connectivity index (χ1) is 12.5. The first kappa shape index (κ1) is 18.1. The summed E-state index contributed by atoms with van der Waals surface area (Å²) in [5.74, 6) is 0.604. The lowest BCUT2D eigenvalue weighted by molar-refractivity contribution is 0.0945. The van der Waals surface area contributed by atoms with Crippen molar-refractivity contribution in [1.29, 1.82) is 0 Å². The molecule has 6 nitrogen and oxygen atoms in total. The smallest absolute Gasteiger partial charge is 0.270 e. The van der Waals surface area contributed by atoms with Crippen LogP contribution < -0.4 is 10.6 Å². The van der Waals surface area contributed by atoms with Crippen LogP contribution in [-0.4, -0.2) is 20.9 Å². The van der Waals surface area contributed by atoms with Crippen LogP contribution in [0.15, 0.2) is 48.8 Å². The van der Waals surface area contributed by atoms with E-state index in [9.17, 15) is 4.79 Å². The molecule has 0 spiro atoms. The van der Waals surface area contributed by atoms with Crippen LogP contribution >= 0.6 is 23.2 Å². The molecule has 1 amide bonds. The molecule has 0 unspecified atom stereocenters. The van der Waals surface area contributed by atoms with Gasteiger partial charge in [0.05, 0.1) is 10.7 Å². The molecule has 0 radical (unpaired) electrons. The molecule has 26 heavy (non-hydrogen) atoms. The van der Waals surface area contributed by atoms with Crippen LogP contribution in [0.4, 0.5) is 11.5 Å². The summed E-state index contributed by atoms with van der Waals surface area (Å²) in [6.45, 7) is 2.07. The van der Waals surface area contributed by atoms with Crippen LogP contribution in [0.1, 0.15) is 21.9 Å². The van der Waals surface area contributed by atoms with Gasteiger partial charge >= 0.3 is 0 Å². The Morgan fingerprint density at radius 3 is 2.77 bits per heavy atom. The van der Waals surface area contributed by atoms with Gasteiger partial charge in [-0.05, 0) is 36.8 Å². The van der Waals surface area contributed by atoms with Gasteiger partial charge in [0.2, 0.25) is 0 Å². The fraction of sp³-hybridized carbons (Fsp3) is 0.111. The van der Waals surface area contributed by atoms with E-state index in [0.29, 0.717) is 33.9 Å². The van der Waals surface area contributed by atoms with Crippen molar-refractivity contribution >= 4 is 40.6 Å². The number of carbonyl (C=O) groups excluding carboxylic acids is 1. The zero-order valence-electron chi connectivity index (χ0n) is 13.8. The highest BCUT2D eigenvalue weighted by Gasteiger charge is 2.11. The Hall–Kier alpha value is -2.70. The number of nitrogens with one attached hydrogen (secondary N) is 2. The van der Waals surface area contributed by atoms with E-state index < -0.39 is 0 Å². The minimum Gasteiger partial charge on any atom is -0.347 e. The number of anilines is 2. The van der Waals surface area contributed by atoms with Crippen molar-refractivity contribution in [2.45, 2.75) is 13.5 Å². The summed E-state index contributed by atoms with van der Waals surface area (Å²) in [6.07, 6.45) is 3.37. The number of aromatic nitrogens is 3. The molecule has 0 aliphatic rings. The number of hydrogen-bond acceptors (Lipinski definition) is 5. The van der Waals surface area contributed by atoms with Gasteiger partial charge in [0.15, 0.2) is 0 Å². The van der Waals surface area contributed by atoms with Gasteiger partial charge in [-0.1, -0.05) is 29.3 Å². The van der Waals surface area contributed by atoms with Crippen LogP contribution in [-0.2, 0) is 6.54 Å². The summed E-state index contributed by atoms with van der Waals surface area (Å²) in [5, 5.41) is 6.91. The summed E-state index contributed by atoms with van der Waals surface area (Å²) in [7, 11) is 0. The van der Waals surface area contributed by atoms with Crippen LogP contribution in [0, 0.1) is 6.92 Å². The molecule has 0 bridgehead atoms. The molecule has 2 N–H and O–H groups in total. The van der Waals surface area contributed by atoms with Gasteiger partial charge in [0.25, 0.3) is 5.91 Å². The zero-order chi connectivity index (χ0) is 18.5. The molecule has 0 saturated carbocycles. The minimum atomic E-state index is -0.306. The Morgan fingerprint density at radius 1 is 1.15 bits per heavy atom. The van der Waals surface area contributed by atoms with Crippen molar-refractivity contribution in [3.63, 3.8) is 0 Å². The highest BCUT2D eigenvalue weighted by Crippen LogP contribution is 2.28. The van der Waals surface area contributed by atoms with Gasteiger partial charge in [0.1, 0.15) is 17.3 Å². The summed E-state index contributed by atoms with van der Waals surface area (Å²) in [6, 6.07) is 10.3. The van der Waals surface area contributed by atoms with Crippen LogP contribution in [0.3, 0.4) is 0 Å². The van der Waals surface area contributed by atoms with E-state index in [4.69, 9.17) is 23.2 Å². The second kappa shape index (κ2) is 8.12. The summed E-state index contributed by atoms with van der Waals surface area (Å²) < 4.78 is 0. The molecule has 3 aromatic rings. The standard InChI is InChI=1S/C18H15Cl2N5O/c1-11-23-16(18(26)22-10-12-3-2-6-21-9-12)8-17(24-11)25-15-7-13(19)4-5-14(15)20/h2-9H,10H2,1H3,(H,22,26)(H,23,24,25). The Kier molecular flexibility index (Phi) is 5.65. The third kappa shape index (κ3) is 4.68. The van der Waals surface area contributed by atoms with E-state index in [-0.39, 0.29) is 11.6 Å². The van der Waals surface area contributed by atoms with Gasteiger partial charge < -0.3 is 10.6 Å². The van der Waals surface area contributed by atoms with E-state index in [1.165, 1.54) is 0 Å². The quantitative estimate of drug-likeness (QED) is 0.686. The molecule has 0 aliphatic heterocycles. The van der Waals surface area contributed by atoms with Crippen LogP contribution in [0.5, 0.6) is 0 Å². The lowest BCUT2D eigenvalue weighted by atomic mass is 10.2. The van der Waals surface area contributed by atoms with E-state index in [1.807, 2.05) is 12.1 Å². The Morgan fingerprint density at radius 2 is 2.00 bits per heavy atom. The molecule has 0 atom stereocenters. The lowest BCUT2D eigenvalue weighted by Crippen LogP contribution is -2.24. The summed E-state index contributed by atoms with van der Waals surface area (Å²) >= 11 is 12.2. The number of hydrogen-bond donors (Lipinski definition) is 2. The number of benzene rings is 1. The molecule has 2 aromatic heterocycles. The normalized spacial score (nSPS) is 10.4. The van der Waals surface area contributed by atoms with Gasteiger partial charge in [-0.3, -0.25) is 9.78 Å². The van der Waals surface area contributed by atoms with Crippen LogP contribution in [0.25, 0.3) is 0 Å². The van der Waals surface area contributed by atoms with E-state index in [0.717, 1.165) is 5.56 Å². The molecule has 2 heterocycles. The first-order valence-electron chi connectivity index (χ1n) is 7.76. The molecule has 3 rings (SSSR count). The molecular formula is C18H15Cl2N5O. The van der Waals surface area contributed by atoms with Gasteiger partial charge in [0, 0.05) is 30.0 Å². The summed E-state index contributed by atoms with van der Waals surface area (Å²) in [5.41, 5.74) is 1.75. The highest BCUT2D eigenvalue weighted by molar-refractivity contribution is 6.35. The van der Waals surface area contributed by atoms with Crippen LogP contribution in [0.2, 0.25) is 10.0 Å². The van der Waals surface area contributed by atoms with Gasteiger partial charge in [-0.15, -0.1) is 0 Å². The number of aryl methyl sites for hydroxylation is 1. The number of amides is 1. The fourth-order valence-electron chi connectivity index (χ4n) is 2.25. The molecule has 1 aromatic carbocycles. The molecule has 0 fully saturated rings. The SMILES string of the molecule is Cc1nc(Nc2cc(Cl)ccc2Cl)cc(C(=O)NCc2cccnc2)n1. The Balaban J connectivity index is 1.76. The van der Waals surface area contributed by atoms with Crippen molar-refractivity contribution in [3.05, 3.63) is 75.9 Å². The maximum Gasteiger partial charge on any atom is 0.270 e. The third-order valence-corrected chi connectivity index (χ3v) is 4.00. The maximum atomic E-state index is 12.4. The largest absolute Gasteiger partial charge is 0.347 e. The Bertz CT molecular complexity index is 934. The van der Waals surface area contributed by atoms with Crippen molar-refractivity contribution in [2.24, 2.45) is 0 Å². The van der Waals surface area contributed by atoms with Gasteiger partial charge in [-0.25, -0.2) is 9.97 Å². The second-order valence-corrected chi connectivity index (χ2v) is 6.32. The monoisotopic (exact) mass is 387 g/mol. The number of halogens is 2. The van der Waals surface area contributed by atoms with Crippen molar-refractivity contribution in [3.8, 4) is 0 Å². The number of nitrogens with zero attached hydrogens (tertiary/aromatic N) is 3. The molecule has 0 aliphatic carbocycles. The fourth-order valence-corrected chi connectivity index (χ4v) is 2.59. The van der Waals surface area contributed by atoms with Crippen molar-refractivity contribution in [2.75, 3.05) is 5.32 Å². The first-order valence-corrected chi connectivity index (χ1v) is 8.52. The van der Waals surface area contributed by atoms with Gasteiger partial charge in [-0.2, -0.15) is 0 Å². The van der Waals surface area contributed by atoms with Crippen molar-refractivity contribution in [1.82, 2.24) is 20.3 Å². The third-order valence-electron chi connectivity index (χ3n) is 3.44. The Labute approximate surface area is 160 Å². The number of carbonyl (C=O) groups is 1. The van der Waals surface area contributed by atoms with E-state index in [2.05, 4.69) is 25.6 Å². The molecule has 132 valence electrons. The number of rotatable bonds is 5. The molecule has 8 heteroatoms. The van der Waals surface area contributed by atoms with Crippen molar-refractivity contribution < 1.29 is 4.79 Å². The maximum absolute atomic E-state index is 12.4. The minimum absolute atomic E-state index is 0.252. The molecule has 0 saturated heterocycles. The predicted octanol–water partition coefficient (Wildman–Crippen LogP) is 4.16. The predicted molar refractivity (Wildman–Crippen MR) is 102 cm³/mol.